The zero-order valence-electron chi connectivity index (χ0n) is 19.0. The number of rotatable bonds is 12. The number of anilines is 1. The third kappa shape index (κ3) is 6.64. The Kier molecular flexibility index (Phi) is 8.12. The van der Waals surface area contributed by atoms with E-state index < -0.39 is 16.3 Å². The molecule has 2 aliphatic heterocycles. The summed E-state index contributed by atoms with van der Waals surface area (Å²) in [5.41, 5.74) is 6.89. The summed E-state index contributed by atoms with van der Waals surface area (Å²) in [6.07, 6.45) is 6.48. The fourth-order valence-electron chi connectivity index (χ4n) is 4.11. The number of carbonyl (C=O) groups is 2. The van der Waals surface area contributed by atoms with Gasteiger partial charge >= 0.3 is 22.4 Å². The number of aryl methyl sites for hydroxylation is 1. The molecule has 4 amide bonds. The Morgan fingerprint density at radius 3 is 2.94 bits per heavy atom. The van der Waals surface area contributed by atoms with E-state index in [1.54, 1.807) is 10.9 Å². The van der Waals surface area contributed by atoms with Crippen molar-refractivity contribution in [3.05, 3.63) is 12.7 Å². The molecule has 0 bridgehead atoms. The highest BCUT2D eigenvalue weighted by Crippen LogP contribution is 2.32. The van der Waals surface area contributed by atoms with Crippen LogP contribution in [0, 0.1) is 0 Å². The summed E-state index contributed by atoms with van der Waals surface area (Å²) in [6, 6.07) is -0.598. The largest absolute Gasteiger partial charge is 0.382 e. The molecule has 0 unspecified atom stereocenters. The van der Waals surface area contributed by atoms with Crippen LogP contribution in [0.2, 0.25) is 0 Å². The van der Waals surface area contributed by atoms with Crippen LogP contribution in [0.4, 0.5) is 15.4 Å². The number of hydrogen-bond donors (Lipinski definition) is 5. The number of imidazole rings is 1. The summed E-state index contributed by atoms with van der Waals surface area (Å²) in [6.45, 7) is 0.817. The van der Waals surface area contributed by atoms with Gasteiger partial charge in [0.05, 0.1) is 25.0 Å². The van der Waals surface area contributed by atoms with E-state index >= 15 is 0 Å². The predicted octanol–water partition coefficient (Wildman–Crippen LogP) is 0.0850. The summed E-state index contributed by atoms with van der Waals surface area (Å²) in [7, 11) is -4.20. The molecule has 2 aliphatic rings. The van der Waals surface area contributed by atoms with Crippen LogP contribution in [0.5, 0.6) is 0 Å². The van der Waals surface area contributed by atoms with E-state index in [1.807, 2.05) is 16.5 Å². The first-order valence-electron chi connectivity index (χ1n) is 11.4. The van der Waals surface area contributed by atoms with Crippen molar-refractivity contribution in [2.45, 2.75) is 56.0 Å². The van der Waals surface area contributed by atoms with Crippen LogP contribution >= 0.6 is 11.8 Å². The molecule has 0 saturated carbocycles. The average molecular weight is 528 g/mol. The SMILES string of the molecule is Nc1ncnc2c1ncn2CCCCOS(=O)(=O)NC(=O)NCCCC[C@@H]1SC[C@@H]2NC(=O)N[C@@H]21. The number of aromatic nitrogens is 4. The topological polar surface area (TPSA) is 195 Å². The number of unbranched alkanes of at least 4 members (excludes halogenated alkanes) is 2. The number of amides is 4. The van der Waals surface area contributed by atoms with E-state index in [1.165, 1.54) is 6.33 Å². The van der Waals surface area contributed by atoms with Crippen molar-refractivity contribution < 1.29 is 22.2 Å². The lowest BCUT2D eigenvalue weighted by Crippen LogP contribution is -2.40. The van der Waals surface area contributed by atoms with E-state index in [0.717, 1.165) is 18.6 Å². The van der Waals surface area contributed by atoms with Crippen molar-refractivity contribution in [3.8, 4) is 0 Å². The minimum atomic E-state index is -4.20. The van der Waals surface area contributed by atoms with Crippen molar-refractivity contribution >= 4 is 51.1 Å². The summed E-state index contributed by atoms with van der Waals surface area (Å²) >= 11 is 1.83. The van der Waals surface area contributed by atoms with Gasteiger partial charge in [-0.05, 0) is 25.7 Å². The van der Waals surface area contributed by atoms with Gasteiger partial charge in [0.15, 0.2) is 11.5 Å². The second kappa shape index (κ2) is 11.3. The molecular weight excluding hydrogens is 498 g/mol. The fraction of sp³-hybridized carbons (Fsp3) is 0.632. The van der Waals surface area contributed by atoms with Gasteiger partial charge in [0, 0.05) is 24.1 Å². The highest BCUT2D eigenvalue weighted by atomic mass is 32.2. The van der Waals surface area contributed by atoms with E-state index in [9.17, 15) is 18.0 Å². The first kappa shape index (κ1) is 25.2. The normalized spacial score (nSPS) is 21.5. The van der Waals surface area contributed by atoms with Gasteiger partial charge in [0.1, 0.15) is 11.8 Å². The van der Waals surface area contributed by atoms with Crippen LogP contribution in [0.3, 0.4) is 0 Å². The second-order valence-corrected chi connectivity index (χ2v) is 10.9. The lowest BCUT2D eigenvalue weighted by molar-refractivity contribution is 0.241. The molecule has 0 aromatic carbocycles. The summed E-state index contributed by atoms with van der Waals surface area (Å²) in [5.74, 6) is 1.20. The van der Waals surface area contributed by atoms with Crippen LogP contribution < -0.4 is 26.4 Å². The quantitative estimate of drug-likeness (QED) is 0.186. The highest BCUT2D eigenvalue weighted by molar-refractivity contribution is 8.00. The van der Waals surface area contributed by atoms with Gasteiger partial charge in [0.25, 0.3) is 0 Å². The van der Waals surface area contributed by atoms with Crippen molar-refractivity contribution in [1.82, 2.24) is 40.2 Å². The van der Waals surface area contributed by atoms with Crippen molar-refractivity contribution in [2.75, 3.05) is 24.6 Å². The van der Waals surface area contributed by atoms with Crippen LogP contribution in [0.15, 0.2) is 12.7 Å². The zero-order chi connectivity index (χ0) is 24.8. The molecule has 0 radical (unpaired) electrons. The summed E-state index contributed by atoms with van der Waals surface area (Å²) in [4.78, 5) is 35.5. The van der Waals surface area contributed by atoms with Crippen molar-refractivity contribution in [1.29, 1.82) is 0 Å². The number of nitrogens with zero attached hydrogens (tertiary/aromatic N) is 4. The molecule has 14 nitrogen and oxygen atoms in total. The number of hydrogen-bond acceptors (Lipinski definition) is 10. The average Bonchev–Trinajstić information content (AvgIpc) is 3.48. The fourth-order valence-corrected chi connectivity index (χ4v) is 6.35. The molecule has 4 heterocycles. The summed E-state index contributed by atoms with van der Waals surface area (Å²) < 4.78 is 32.4. The Morgan fingerprint density at radius 1 is 1.23 bits per heavy atom. The second-order valence-electron chi connectivity index (χ2n) is 8.33. The standard InChI is InChI=1S/C19H29N9O5S2/c20-16-15-17(23-10-22-16)28(11-24-15)7-3-4-8-33-35(31,32)27-18(29)21-6-2-1-5-13-14-12(9-34-13)25-19(30)26-14/h10-14H,1-9H2,(H2,20,22,23)(H2,21,27,29)(H2,25,26,30)/t12-,13-,14-/m0/s1. The summed E-state index contributed by atoms with van der Waals surface area (Å²) in [5, 5.41) is 8.73. The molecule has 0 aliphatic carbocycles. The minimum absolute atomic E-state index is 0.0705. The third-order valence-electron chi connectivity index (χ3n) is 5.82. The Morgan fingerprint density at radius 2 is 2.09 bits per heavy atom. The molecular formula is C19H29N9O5S2. The van der Waals surface area contributed by atoms with Crippen LogP contribution in [0.1, 0.15) is 32.1 Å². The molecule has 4 rings (SSSR count). The minimum Gasteiger partial charge on any atom is -0.382 e. The van der Waals surface area contributed by atoms with Crippen LogP contribution in [-0.2, 0) is 21.0 Å². The number of nitrogens with two attached hydrogens (primary N) is 1. The van der Waals surface area contributed by atoms with Crippen LogP contribution in [0.25, 0.3) is 11.2 Å². The number of fused-ring (bicyclic) bond motifs is 2. The number of nitrogens with one attached hydrogen (secondary N) is 4. The maximum Gasteiger partial charge on any atom is 0.363 e. The lowest BCUT2D eigenvalue weighted by Gasteiger charge is -2.16. The van der Waals surface area contributed by atoms with Gasteiger partial charge in [-0.15, -0.1) is 0 Å². The zero-order valence-corrected chi connectivity index (χ0v) is 20.6. The monoisotopic (exact) mass is 527 g/mol. The number of nitrogen functional groups attached to an aromatic ring is 1. The molecule has 6 N–H and O–H groups in total. The maximum atomic E-state index is 12.0. The molecule has 35 heavy (non-hydrogen) atoms. The van der Waals surface area contributed by atoms with Gasteiger partial charge in [-0.1, -0.05) is 6.42 Å². The molecule has 0 spiro atoms. The Balaban J connectivity index is 1.06. The van der Waals surface area contributed by atoms with Gasteiger partial charge in [-0.3, -0.25) is 4.18 Å². The van der Waals surface area contributed by atoms with Gasteiger partial charge < -0.3 is 26.3 Å². The van der Waals surface area contributed by atoms with Gasteiger partial charge in [-0.2, -0.15) is 20.2 Å². The Hall–Kier alpha value is -2.85. The predicted molar refractivity (Wildman–Crippen MR) is 130 cm³/mol. The van der Waals surface area contributed by atoms with E-state index in [2.05, 4.69) is 30.9 Å². The van der Waals surface area contributed by atoms with E-state index in [0.29, 0.717) is 54.6 Å². The Bertz CT molecular complexity index is 1160. The van der Waals surface area contributed by atoms with Crippen molar-refractivity contribution in [3.63, 3.8) is 0 Å². The molecule has 192 valence electrons. The maximum absolute atomic E-state index is 12.0. The number of carbonyl (C=O) groups excluding carboxylic acids is 2. The molecule has 16 heteroatoms. The molecule has 2 fully saturated rings. The lowest BCUT2D eigenvalue weighted by atomic mass is 10.0. The first-order chi connectivity index (χ1) is 16.8. The number of thioether (sulfide) groups is 1. The smallest absolute Gasteiger partial charge is 0.363 e. The molecule has 2 aromatic heterocycles. The van der Waals surface area contributed by atoms with E-state index in [-0.39, 0.29) is 24.7 Å². The highest BCUT2D eigenvalue weighted by Gasteiger charge is 2.42. The molecule has 2 aromatic rings. The van der Waals surface area contributed by atoms with Gasteiger partial charge in [0.2, 0.25) is 0 Å². The van der Waals surface area contributed by atoms with Crippen molar-refractivity contribution in [2.24, 2.45) is 0 Å². The van der Waals surface area contributed by atoms with E-state index in [4.69, 9.17) is 9.92 Å². The number of urea groups is 2. The van der Waals surface area contributed by atoms with Crippen LogP contribution in [-0.4, -0.2) is 76.2 Å². The molecule has 3 atom stereocenters. The first-order valence-corrected chi connectivity index (χ1v) is 13.8. The Labute approximate surface area is 206 Å². The third-order valence-corrected chi connectivity index (χ3v) is 8.24. The van der Waals surface area contributed by atoms with Gasteiger partial charge in [-0.25, -0.2) is 29.3 Å². The molecule has 2 saturated heterocycles.